The number of hydrogen-bond donors (Lipinski definition) is 2. The Morgan fingerprint density at radius 3 is 1.32 bits per heavy atom. The summed E-state index contributed by atoms with van der Waals surface area (Å²) in [6.45, 7) is 0. The molecule has 0 atom stereocenters. The monoisotopic (exact) mass is 494 g/mol. The number of rotatable bonds is 5. The first-order valence-electron chi connectivity index (χ1n) is 12.2. The topological polar surface area (TPSA) is 84.0 Å². The lowest BCUT2D eigenvalue weighted by Gasteiger charge is -2.15. The van der Waals surface area contributed by atoms with E-state index in [1.165, 1.54) is 0 Å². The van der Waals surface area contributed by atoms with Gasteiger partial charge in [-0.15, -0.1) is 0 Å². The summed E-state index contributed by atoms with van der Waals surface area (Å²) < 4.78 is 0. The van der Waals surface area contributed by atoms with Crippen molar-refractivity contribution >= 4 is 45.0 Å². The molecule has 0 aliphatic carbocycles. The van der Waals surface area contributed by atoms with Crippen LogP contribution in [0.25, 0.3) is 32.9 Å². The van der Waals surface area contributed by atoms with Crippen LogP contribution in [0.1, 0.15) is 20.7 Å². The summed E-state index contributed by atoms with van der Waals surface area (Å²) in [5.74, 6) is -0.392. The third kappa shape index (κ3) is 4.35. The van der Waals surface area contributed by atoms with Crippen LogP contribution in [-0.4, -0.2) is 21.8 Å². The number of aromatic nitrogens is 2. The van der Waals surface area contributed by atoms with Gasteiger partial charge in [0.25, 0.3) is 11.8 Å². The molecule has 6 rings (SSSR count). The predicted octanol–water partition coefficient (Wildman–Crippen LogP) is 6.95. The van der Waals surface area contributed by atoms with Gasteiger partial charge in [-0.05, 0) is 59.7 Å². The van der Waals surface area contributed by atoms with Crippen molar-refractivity contribution in [2.75, 3.05) is 10.6 Å². The molecule has 0 unspecified atom stereocenters. The Balaban J connectivity index is 1.42. The Morgan fingerprint density at radius 1 is 0.474 bits per heavy atom. The van der Waals surface area contributed by atoms with Gasteiger partial charge in [0.2, 0.25) is 0 Å². The van der Waals surface area contributed by atoms with Crippen LogP contribution in [0.5, 0.6) is 0 Å². The number of hydrogen-bond acceptors (Lipinski definition) is 4. The quantitative estimate of drug-likeness (QED) is 0.271. The van der Waals surface area contributed by atoms with Crippen molar-refractivity contribution in [3.63, 3.8) is 0 Å². The maximum atomic E-state index is 12.8. The molecule has 0 fully saturated rings. The van der Waals surface area contributed by atoms with Crippen LogP contribution in [0.2, 0.25) is 0 Å². The number of nitrogens with zero attached hydrogens (tertiary/aromatic N) is 2. The molecule has 0 aliphatic heterocycles. The molecule has 0 saturated carbocycles. The zero-order valence-electron chi connectivity index (χ0n) is 20.3. The van der Waals surface area contributed by atoms with E-state index >= 15 is 0 Å². The van der Waals surface area contributed by atoms with Crippen molar-refractivity contribution < 1.29 is 9.59 Å². The van der Waals surface area contributed by atoms with Crippen LogP contribution in [0.3, 0.4) is 0 Å². The van der Waals surface area contributed by atoms with E-state index in [0.29, 0.717) is 33.5 Å². The Bertz CT molecular complexity index is 1670. The van der Waals surface area contributed by atoms with Crippen molar-refractivity contribution in [1.82, 2.24) is 9.97 Å². The first kappa shape index (κ1) is 23.1. The lowest BCUT2D eigenvalue weighted by molar-refractivity contribution is 0.101. The molecule has 2 amide bonds. The van der Waals surface area contributed by atoms with Crippen molar-refractivity contribution in [1.29, 1.82) is 0 Å². The molecular formula is C32H22N4O2. The van der Waals surface area contributed by atoms with E-state index in [-0.39, 0.29) is 11.8 Å². The van der Waals surface area contributed by atoms with Crippen LogP contribution < -0.4 is 10.6 Å². The lowest BCUT2D eigenvalue weighted by atomic mass is 9.95. The van der Waals surface area contributed by atoms with Crippen LogP contribution in [0, 0.1) is 0 Å². The minimum atomic E-state index is -0.196. The molecule has 4 aromatic carbocycles. The van der Waals surface area contributed by atoms with Gasteiger partial charge in [-0.1, -0.05) is 60.7 Å². The summed E-state index contributed by atoms with van der Waals surface area (Å²) in [5, 5.41) is 7.79. The van der Waals surface area contributed by atoms with Crippen LogP contribution in [-0.2, 0) is 0 Å². The highest BCUT2D eigenvalue weighted by atomic mass is 16.2. The van der Waals surface area contributed by atoms with Gasteiger partial charge in [-0.25, -0.2) is 0 Å². The van der Waals surface area contributed by atoms with Crippen molar-refractivity contribution in [2.24, 2.45) is 0 Å². The predicted molar refractivity (Wildman–Crippen MR) is 151 cm³/mol. The Hall–Kier alpha value is -5.36. The largest absolute Gasteiger partial charge is 0.320 e. The number of pyridine rings is 2. The molecule has 6 aromatic rings. The molecule has 182 valence electrons. The number of anilines is 2. The van der Waals surface area contributed by atoms with E-state index in [1.54, 1.807) is 36.7 Å². The molecule has 0 radical (unpaired) electrons. The molecule has 0 saturated heterocycles. The second kappa shape index (κ2) is 9.95. The molecular weight excluding hydrogens is 472 g/mol. The smallest absolute Gasteiger partial charge is 0.255 e. The third-order valence-electron chi connectivity index (χ3n) is 6.40. The zero-order chi connectivity index (χ0) is 25.9. The number of fused-ring (bicyclic) bond motifs is 2. The van der Waals surface area contributed by atoms with Crippen LogP contribution in [0.4, 0.5) is 11.4 Å². The highest BCUT2D eigenvalue weighted by molar-refractivity contribution is 6.14. The summed E-state index contributed by atoms with van der Waals surface area (Å²) >= 11 is 0. The zero-order valence-corrected chi connectivity index (χ0v) is 20.3. The van der Waals surface area contributed by atoms with E-state index in [1.807, 2.05) is 84.9 Å². The fourth-order valence-corrected chi connectivity index (χ4v) is 4.58. The standard InChI is InChI=1S/C32H22N4O2/c37-31(21-9-3-1-4-10-21)35-27-17-15-23(25-13-7-19-33-29(25)27)24-16-18-28(30-26(24)14-8-20-34-30)36-32(38)22-11-5-2-6-12-22/h1-20H,(H,35,37)(H,36,38). The van der Waals surface area contributed by atoms with Crippen LogP contribution >= 0.6 is 0 Å². The van der Waals surface area contributed by atoms with Crippen molar-refractivity contribution in [3.8, 4) is 11.1 Å². The number of carbonyl (C=O) groups excluding carboxylic acids is 2. The number of nitrogens with one attached hydrogen (secondary N) is 2. The number of amides is 2. The van der Waals surface area contributed by atoms with Gasteiger partial charge in [0.05, 0.1) is 22.4 Å². The number of benzene rings is 4. The van der Waals surface area contributed by atoms with E-state index in [2.05, 4.69) is 20.6 Å². The minimum Gasteiger partial charge on any atom is -0.320 e. The van der Waals surface area contributed by atoms with E-state index in [4.69, 9.17) is 0 Å². The molecule has 0 spiro atoms. The second-order valence-electron chi connectivity index (χ2n) is 8.76. The third-order valence-corrected chi connectivity index (χ3v) is 6.40. The molecule has 0 aliphatic rings. The summed E-state index contributed by atoms with van der Waals surface area (Å²) in [7, 11) is 0. The van der Waals surface area contributed by atoms with Gasteiger partial charge >= 0.3 is 0 Å². The Labute approximate surface area is 219 Å². The fraction of sp³-hybridized carbons (Fsp3) is 0. The second-order valence-corrected chi connectivity index (χ2v) is 8.76. The highest BCUT2D eigenvalue weighted by Crippen LogP contribution is 2.37. The number of carbonyl (C=O) groups is 2. The molecule has 2 aromatic heterocycles. The first-order chi connectivity index (χ1) is 18.7. The van der Waals surface area contributed by atoms with Gasteiger partial charge in [-0.3, -0.25) is 19.6 Å². The molecule has 2 N–H and O–H groups in total. The highest BCUT2D eigenvalue weighted by Gasteiger charge is 2.16. The van der Waals surface area contributed by atoms with Gasteiger partial charge in [0.1, 0.15) is 0 Å². The maximum Gasteiger partial charge on any atom is 0.255 e. The molecule has 6 heteroatoms. The van der Waals surface area contributed by atoms with E-state index < -0.39 is 0 Å². The molecule has 0 bridgehead atoms. The van der Waals surface area contributed by atoms with E-state index in [0.717, 1.165) is 21.9 Å². The lowest BCUT2D eigenvalue weighted by Crippen LogP contribution is -2.12. The van der Waals surface area contributed by atoms with Crippen molar-refractivity contribution in [3.05, 3.63) is 133 Å². The first-order valence-corrected chi connectivity index (χ1v) is 12.2. The average Bonchev–Trinajstić information content (AvgIpc) is 2.98. The average molecular weight is 495 g/mol. The summed E-state index contributed by atoms with van der Waals surface area (Å²) in [6, 6.07) is 33.6. The normalized spacial score (nSPS) is 10.8. The van der Waals surface area contributed by atoms with Gasteiger partial charge in [0.15, 0.2) is 0 Å². The SMILES string of the molecule is O=C(Nc1ccc(-c2ccc(NC(=O)c3ccccc3)c3ncccc23)c2cccnc12)c1ccccc1. The maximum absolute atomic E-state index is 12.8. The summed E-state index contributed by atoms with van der Waals surface area (Å²) in [4.78, 5) is 34.9. The molecule has 6 nitrogen and oxygen atoms in total. The molecule has 38 heavy (non-hydrogen) atoms. The summed E-state index contributed by atoms with van der Waals surface area (Å²) in [6.07, 6.45) is 3.43. The minimum absolute atomic E-state index is 0.196. The van der Waals surface area contributed by atoms with Gasteiger partial charge < -0.3 is 10.6 Å². The summed E-state index contributed by atoms with van der Waals surface area (Å²) in [5.41, 5.74) is 5.69. The molecule has 2 heterocycles. The van der Waals surface area contributed by atoms with Crippen molar-refractivity contribution in [2.45, 2.75) is 0 Å². The van der Waals surface area contributed by atoms with Gasteiger partial charge in [-0.2, -0.15) is 0 Å². The van der Waals surface area contributed by atoms with Gasteiger partial charge in [0, 0.05) is 34.3 Å². The van der Waals surface area contributed by atoms with Crippen LogP contribution in [0.15, 0.2) is 122 Å². The van der Waals surface area contributed by atoms with E-state index in [9.17, 15) is 9.59 Å². The Morgan fingerprint density at radius 2 is 0.895 bits per heavy atom. The Kier molecular flexibility index (Phi) is 6.04. The fourth-order valence-electron chi connectivity index (χ4n) is 4.58.